The predicted molar refractivity (Wildman–Crippen MR) is 57.0 cm³/mol. The number of carbonyl (C=O) groups excluding carboxylic acids is 1. The summed E-state index contributed by atoms with van der Waals surface area (Å²) >= 11 is 3.27. The maximum Gasteiger partial charge on any atom is 0.151 e. The predicted octanol–water partition coefficient (Wildman–Crippen LogP) is 3.55. The maximum atomic E-state index is 12.9. The van der Waals surface area contributed by atoms with Crippen LogP contribution in [0.15, 0.2) is 34.8 Å². The molecule has 0 atom stereocenters. The summed E-state index contributed by atoms with van der Waals surface area (Å²) in [6.45, 7) is 0. The first-order valence-corrected chi connectivity index (χ1v) is 4.84. The van der Waals surface area contributed by atoms with Gasteiger partial charge in [-0.1, -0.05) is 28.1 Å². The largest absolute Gasteiger partial charge is 0.298 e. The molecule has 70 valence electrons. The lowest BCUT2D eigenvalue weighted by atomic mass is 10.1. The Morgan fingerprint density at radius 3 is 2.71 bits per heavy atom. The van der Waals surface area contributed by atoms with Crippen molar-refractivity contribution in [1.29, 1.82) is 0 Å². The third kappa shape index (κ3) is 1.44. The van der Waals surface area contributed by atoms with Crippen molar-refractivity contribution in [2.24, 2.45) is 0 Å². The normalized spacial score (nSPS) is 10.4. The van der Waals surface area contributed by atoms with Crippen molar-refractivity contribution in [1.82, 2.24) is 0 Å². The molecule has 0 saturated carbocycles. The van der Waals surface area contributed by atoms with Gasteiger partial charge in [0.05, 0.1) is 0 Å². The van der Waals surface area contributed by atoms with Gasteiger partial charge in [-0.25, -0.2) is 4.39 Å². The number of rotatable bonds is 1. The molecule has 14 heavy (non-hydrogen) atoms. The van der Waals surface area contributed by atoms with Crippen LogP contribution in [0.3, 0.4) is 0 Å². The average Bonchev–Trinajstić information content (AvgIpc) is 2.18. The van der Waals surface area contributed by atoms with E-state index in [1.165, 1.54) is 12.1 Å². The Balaban J connectivity index is 2.88. The van der Waals surface area contributed by atoms with E-state index in [-0.39, 0.29) is 5.82 Å². The van der Waals surface area contributed by atoms with Crippen LogP contribution >= 0.6 is 15.9 Å². The van der Waals surface area contributed by atoms with E-state index in [0.29, 0.717) is 5.56 Å². The molecular weight excluding hydrogens is 247 g/mol. The Hall–Kier alpha value is -1.22. The molecule has 0 spiro atoms. The van der Waals surface area contributed by atoms with Gasteiger partial charge in [0.2, 0.25) is 0 Å². The van der Waals surface area contributed by atoms with Gasteiger partial charge in [-0.05, 0) is 29.0 Å². The molecule has 2 rings (SSSR count). The van der Waals surface area contributed by atoms with Gasteiger partial charge in [-0.2, -0.15) is 0 Å². The van der Waals surface area contributed by atoms with E-state index in [2.05, 4.69) is 15.9 Å². The van der Waals surface area contributed by atoms with E-state index in [1.54, 1.807) is 18.2 Å². The smallest absolute Gasteiger partial charge is 0.151 e. The minimum absolute atomic E-state index is 0.295. The van der Waals surface area contributed by atoms with Crippen molar-refractivity contribution < 1.29 is 9.18 Å². The molecule has 0 unspecified atom stereocenters. The first-order valence-electron chi connectivity index (χ1n) is 4.05. The van der Waals surface area contributed by atoms with Crippen LogP contribution in [0.4, 0.5) is 4.39 Å². The minimum Gasteiger partial charge on any atom is -0.298 e. The monoisotopic (exact) mass is 252 g/mol. The summed E-state index contributed by atoms with van der Waals surface area (Å²) in [5.41, 5.74) is 0.558. The van der Waals surface area contributed by atoms with Crippen molar-refractivity contribution in [2.75, 3.05) is 0 Å². The maximum absolute atomic E-state index is 12.9. The minimum atomic E-state index is -0.295. The SMILES string of the molecule is O=Cc1c(Br)ccc2cc(F)ccc12. The highest BCUT2D eigenvalue weighted by Crippen LogP contribution is 2.25. The van der Waals surface area contributed by atoms with Gasteiger partial charge >= 0.3 is 0 Å². The van der Waals surface area contributed by atoms with E-state index < -0.39 is 0 Å². The van der Waals surface area contributed by atoms with Gasteiger partial charge in [0, 0.05) is 10.0 Å². The van der Waals surface area contributed by atoms with Crippen LogP contribution in [0.1, 0.15) is 10.4 Å². The molecule has 0 bridgehead atoms. The molecule has 0 heterocycles. The standard InChI is InChI=1S/C11H6BrFO/c12-11-4-1-7-5-8(13)2-3-9(7)10(11)6-14/h1-6H. The van der Waals surface area contributed by atoms with E-state index in [9.17, 15) is 9.18 Å². The Labute approximate surface area is 88.7 Å². The number of aldehydes is 1. The van der Waals surface area contributed by atoms with Gasteiger partial charge in [0.1, 0.15) is 5.82 Å². The number of hydrogen-bond donors (Lipinski definition) is 0. The average molecular weight is 253 g/mol. The number of fused-ring (bicyclic) bond motifs is 1. The summed E-state index contributed by atoms with van der Waals surface area (Å²) in [6, 6.07) is 7.89. The van der Waals surface area contributed by atoms with Crippen LogP contribution in [-0.4, -0.2) is 6.29 Å². The molecule has 0 aliphatic rings. The molecule has 0 aromatic heterocycles. The van der Waals surface area contributed by atoms with E-state index >= 15 is 0 Å². The fourth-order valence-corrected chi connectivity index (χ4v) is 1.86. The van der Waals surface area contributed by atoms with Crippen molar-refractivity contribution in [2.45, 2.75) is 0 Å². The molecule has 0 fully saturated rings. The van der Waals surface area contributed by atoms with Crippen LogP contribution in [0.25, 0.3) is 10.8 Å². The first kappa shape index (κ1) is 9.34. The van der Waals surface area contributed by atoms with Crippen LogP contribution in [-0.2, 0) is 0 Å². The number of halogens is 2. The zero-order chi connectivity index (χ0) is 10.1. The van der Waals surface area contributed by atoms with Crippen LogP contribution in [0.2, 0.25) is 0 Å². The molecule has 3 heteroatoms. The molecule has 0 amide bonds. The summed E-state index contributed by atoms with van der Waals surface area (Å²) in [4.78, 5) is 10.8. The molecule has 0 aliphatic carbocycles. The molecular formula is C11H6BrFO. The van der Waals surface area contributed by atoms with Gasteiger partial charge in [0.25, 0.3) is 0 Å². The summed E-state index contributed by atoms with van der Waals surface area (Å²) in [5.74, 6) is -0.295. The molecule has 1 nitrogen and oxygen atoms in total. The fourth-order valence-electron chi connectivity index (χ4n) is 1.42. The van der Waals surface area contributed by atoms with E-state index in [1.807, 2.05) is 0 Å². The van der Waals surface area contributed by atoms with Crippen LogP contribution in [0, 0.1) is 5.82 Å². The van der Waals surface area contributed by atoms with E-state index in [0.717, 1.165) is 21.5 Å². The highest BCUT2D eigenvalue weighted by Gasteiger charge is 2.04. The Bertz CT molecular complexity index is 508. The van der Waals surface area contributed by atoms with Gasteiger partial charge < -0.3 is 0 Å². The first-order chi connectivity index (χ1) is 6.72. The number of benzene rings is 2. The summed E-state index contributed by atoms with van der Waals surface area (Å²) in [6.07, 6.45) is 0.768. The molecule has 2 aromatic carbocycles. The van der Waals surface area contributed by atoms with Gasteiger partial charge in [0.15, 0.2) is 6.29 Å². The van der Waals surface area contributed by atoms with Crippen molar-refractivity contribution in [3.05, 3.63) is 46.2 Å². The molecule has 0 N–H and O–H groups in total. The Morgan fingerprint density at radius 1 is 1.21 bits per heavy atom. The van der Waals surface area contributed by atoms with Gasteiger partial charge in [-0.3, -0.25) is 4.79 Å². The lowest BCUT2D eigenvalue weighted by Crippen LogP contribution is -1.86. The lowest BCUT2D eigenvalue weighted by molar-refractivity contribution is 0.112. The quantitative estimate of drug-likeness (QED) is 0.710. The third-order valence-electron chi connectivity index (χ3n) is 2.09. The highest BCUT2D eigenvalue weighted by atomic mass is 79.9. The number of hydrogen-bond acceptors (Lipinski definition) is 1. The second kappa shape index (κ2) is 3.50. The van der Waals surface area contributed by atoms with Crippen LogP contribution < -0.4 is 0 Å². The second-order valence-corrected chi connectivity index (χ2v) is 3.80. The summed E-state index contributed by atoms with van der Waals surface area (Å²) < 4.78 is 13.6. The Morgan fingerprint density at radius 2 is 2.00 bits per heavy atom. The zero-order valence-electron chi connectivity index (χ0n) is 7.13. The van der Waals surface area contributed by atoms with Crippen molar-refractivity contribution >= 4 is 33.0 Å². The summed E-state index contributed by atoms with van der Waals surface area (Å²) in [5, 5.41) is 1.49. The summed E-state index contributed by atoms with van der Waals surface area (Å²) in [7, 11) is 0. The molecule has 2 aromatic rings. The molecule has 0 radical (unpaired) electrons. The topological polar surface area (TPSA) is 17.1 Å². The zero-order valence-corrected chi connectivity index (χ0v) is 8.71. The third-order valence-corrected chi connectivity index (χ3v) is 2.78. The van der Waals surface area contributed by atoms with Crippen LogP contribution in [0.5, 0.6) is 0 Å². The van der Waals surface area contributed by atoms with Crippen molar-refractivity contribution in [3.63, 3.8) is 0 Å². The second-order valence-electron chi connectivity index (χ2n) is 2.94. The number of carbonyl (C=O) groups is 1. The molecule has 0 saturated heterocycles. The fraction of sp³-hybridized carbons (Fsp3) is 0. The van der Waals surface area contributed by atoms with Gasteiger partial charge in [-0.15, -0.1) is 0 Å². The highest BCUT2D eigenvalue weighted by molar-refractivity contribution is 9.10. The van der Waals surface area contributed by atoms with Crippen molar-refractivity contribution in [3.8, 4) is 0 Å². The Kier molecular flexibility index (Phi) is 2.33. The lowest BCUT2D eigenvalue weighted by Gasteiger charge is -2.02. The van der Waals surface area contributed by atoms with E-state index in [4.69, 9.17) is 0 Å². The molecule has 0 aliphatic heterocycles.